The molecule has 1 rings (SSSR count). The molecule has 9 heteroatoms. The molecule has 1 aromatic rings. The Morgan fingerprint density at radius 3 is 2.37 bits per heavy atom. The fourth-order valence-corrected chi connectivity index (χ4v) is 1.51. The summed E-state index contributed by atoms with van der Waals surface area (Å²) in [6, 6.07) is 0.193. The third-order valence-corrected chi connectivity index (χ3v) is 2.29. The van der Waals surface area contributed by atoms with Crippen molar-refractivity contribution in [2.45, 2.75) is 25.6 Å². The molecule has 0 saturated heterocycles. The molecule has 0 atom stereocenters. The second-order valence-electron chi connectivity index (χ2n) is 3.60. The van der Waals surface area contributed by atoms with E-state index in [9.17, 15) is 26.7 Å². The van der Waals surface area contributed by atoms with Crippen molar-refractivity contribution in [3.8, 4) is 0 Å². The first-order valence-electron chi connectivity index (χ1n) is 4.96. The highest BCUT2D eigenvalue weighted by Crippen LogP contribution is 2.33. The van der Waals surface area contributed by atoms with Gasteiger partial charge in [-0.05, 0) is 11.6 Å². The van der Waals surface area contributed by atoms with E-state index in [0.717, 1.165) is 0 Å². The number of halogens is 5. The van der Waals surface area contributed by atoms with Crippen LogP contribution in [0, 0.1) is 0 Å². The molecular formula is C10H9F5N2O2. The monoisotopic (exact) mass is 284 g/mol. The first-order valence-corrected chi connectivity index (χ1v) is 4.96. The Hall–Kier alpha value is -1.77. The molecule has 3 N–H and O–H groups in total. The van der Waals surface area contributed by atoms with Crippen LogP contribution in [0.15, 0.2) is 6.07 Å². The summed E-state index contributed by atoms with van der Waals surface area (Å²) in [5, 5.41) is 8.56. The summed E-state index contributed by atoms with van der Waals surface area (Å²) < 4.78 is 62.9. The van der Waals surface area contributed by atoms with E-state index in [1.165, 1.54) is 0 Å². The SMILES string of the molecule is NCc1c(C(F)F)cc(C(F)(F)F)nc1CC(=O)O. The lowest BCUT2D eigenvalue weighted by Gasteiger charge is -2.15. The molecule has 0 aliphatic rings. The Morgan fingerprint density at radius 1 is 1.42 bits per heavy atom. The van der Waals surface area contributed by atoms with E-state index in [0.29, 0.717) is 0 Å². The minimum Gasteiger partial charge on any atom is -0.481 e. The third-order valence-electron chi connectivity index (χ3n) is 2.29. The summed E-state index contributed by atoms with van der Waals surface area (Å²) in [5.41, 5.74) is 1.71. The van der Waals surface area contributed by atoms with Gasteiger partial charge in [-0.3, -0.25) is 4.79 Å². The molecule has 4 nitrogen and oxygen atoms in total. The molecule has 0 bridgehead atoms. The van der Waals surface area contributed by atoms with Crippen LogP contribution in [0.2, 0.25) is 0 Å². The van der Waals surface area contributed by atoms with Gasteiger partial charge in [0.2, 0.25) is 0 Å². The molecule has 0 saturated carbocycles. The highest BCUT2D eigenvalue weighted by molar-refractivity contribution is 5.70. The molecule has 0 aliphatic carbocycles. The van der Waals surface area contributed by atoms with E-state index in [2.05, 4.69) is 4.98 Å². The minimum atomic E-state index is -4.94. The number of alkyl halides is 5. The molecule has 0 aliphatic heterocycles. The van der Waals surface area contributed by atoms with Crippen molar-refractivity contribution in [2.24, 2.45) is 5.73 Å². The lowest BCUT2D eigenvalue weighted by atomic mass is 10.0. The van der Waals surface area contributed by atoms with Gasteiger partial charge in [0.25, 0.3) is 6.43 Å². The molecule has 0 spiro atoms. The maximum Gasteiger partial charge on any atom is 0.433 e. The standard InChI is InChI=1S/C10H9F5N2O2/c11-9(12)4-1-7(10(13,14)15)17-6(2-8(18)19)5(4)3-16/h1,9H,2-3,16H2,(H,18,19). The molecule has 0 fully saturated rings. The summed E-state index contributed by atoms with van der Waals surface area (Å²) in [7, 11) is 0. The number of aliphatic carboxylic acids is 1. The predicted molar refractivity (Wildman–Crippen MR) is 53.4 cm³/mol. The zero-order chi connectivity index (χ0) is 14.8. The number of hydrogen-bond donors (Lipinski definition) is 2. The van der Waals surface area contributed by atoms with Crippen molar-refractivity contribution in [3.05, 3.63) is 28.6 Å². The van der Waals surface area contributed by atoms with Gasteiger partial charge in [0.15, 0.2) is 0 Å². The summed E-state index contributed by atoms with van der Waals surface area (Å²) in [6.45, 7) is -0.520. The maximum absolute atomic E-state index is 12.7. The Morgan fingerprint density at radius 2 is 2.00 bits per heavy atom. The van der Waals surface area contributed by atoms with Crippen LogP contribution < -0.4 is 5.73 Å². The first kappa shape index (κ1) is 15.3. The van der Waals surface area contributed by atoms with Gasteiger partial charge in [0.1, 0.15) is 5.69 Å². The number of carboxylic acids is 1. The number of nitrogens with zero attached hydrogens (tertiary/aromatic N) is 1. The van der Waals surface area contributed by atoms with E-state index < -0.39 is 48.5 Å². The molecular weight excluding hydrogens is 275 g/mol. The number of pyridine rings is 1. The van der Waals surface area contributed by atoms with E-state index in [1.54, 1.807) is 0 Å². The summed E-state index contributed by atoms with van der Waals surface area (Å²) in [4.78, 5) is 13.6. The van der Waals surface area contributed by atoms with Gasteiger partial charge in [0, 0.05) is 12.1 Å². The zero-order valence-corrected chi connectivity index (χ0v) is 9.34. The number of carbonyl (C=O) groups is 1. The van der Waals surface area contributed by atoms with Crippen LogP contribution in [0.3, 0.4) is 0 Å². The largest absolute Gasteiger partial charge is 0.481 e. The van der Waals surface area contributed by atoms with E-state index in [4.69, 9.17) is 10.8 Å². The molecule has 0 radical (unpaired) electrons. The van der Waals surface area contributed by atoms with Crippen LogP contribution in [-0.2, 0) is 23.9 Å². The van der Waals surface area contributed by atoms with Gasteiger partial charge in [-0.2, -0.15) is 13.2 Å². The second kappa shape index (κ2) is 5.47. The van der Waals surface area contributed by atoms with E-state index >= 15 is 0 Å². The molecule has 0 aromatic carbocycles. The minimum absolute atomic E-state index is 0.193. The van der Waals surface area contributed by atoms with Gasteiger partial charge in [0.05, 0.1) is 12.1 Å². The average molecular weight is 284 g/mol. The van der Waals surface area contributed by atoms with Gasteiger partial charge in [-0.25, -0.2) is 13.8 Å². The molecule has 0 unspecified atom stereocenters. The van der Waals surface area contributed by atoms with Crippen LogP contribution in [0.25, 0.3) is 0 Å². The normalized spacial score (nSPS) is 11.9. The number of nitrogens with two attached hydrogens (primary N) is 1. The Balaban J connectivity index is 3.49. The van der Waals surface area contributed by atoms with Crippen LogP contribution >= 0.6 is 0 Å². The van der Waals surface area contributed by atoms with Crippen molar-refractivity contribution < 1.29 is 31.9 Å². The molecule has 1 aromatic heterocycles. The van der Waals surface area contributed by atoms with Gasteiger partial charge >= 0.3 is 12.1 Å². The lowest BCUT2D eigenvalue weighted by molar-refractivity contribution is -0.142. The highest BCUT2D eigenvalue weighted by atomic mass is 19.4. The number of rotatable bonds is 4. The zero-order valence-electron chi connectivity index (χ0n) is 9.34. The number of carboxylic acid groups (broad SMARTS) is 1. The fourth-order valence-electron chi connectivity index (χ4n) is 1.51. The number of aromatic nitrogens is 1. The first-order chi connectivity index (χ1) is 8.66. The van der Waals surface area contributed by atoms with Gasteiger partial charge in [-0.1, -0.05) is 0 Å². The molecule has 1 heterocycles. The maximum atomic E-state index is 12.7. The van der Waals surface area contributed by atoms with Gasteiger partial charge in [-0.15, -0.1) is 0 Å². The highest BCUT2D eigenvalue weighted by Gasteiger charge is 2.35. The van der Waals surface area contributed by atoms with Crippen molar-refractivity contribution in [1.29, 1.82) is 0 Å². The smallest absolute Gasteiger partial charge is 0.433 e. The Labute approximate surface area is 104 Å². The Kier molecular flexibility index (Phi) is 4.40. The van der Waals surface area contributed by atoms with Gasteiger partial charge < -0.3 is 10.8 Å². The van der Waals surface area contributed by atoms with Crippen molar-refractivity contribution in [1.82, 2.24) is 4.98 Å². The number of hydrogen-bond acceptors (Lipinski definition) is 3. The van der Waals surface area contributed by atoms with E-state index in [1.807, 2.05) is 0 Å². The van der Waals surface area contributed by atoms with Crippen LogP contribution in [0.4, 0.5) is 22.0 Å². The van der Waals surface area contributed by atoms with Crippen molar-refractivity contribution >= 4 is 5.97 Å². The summed E-state index contributed by atoms with van der Waals surface area (Å²) in [6.07, 6.45) is -9.05. The third kappa shape index (κ3) is 3.60. The van der Waals surface area contributed by atoms with Crippen LogP contribution in [0.5, 0.6) is 0 Å². The molecule has 106 valence electrons. The average Bonchev–Trinajstić information content (AvgIpc) is 2.25. The van der Waals surface area contributed by atoms with Crippen molar-refractivity contribution in [2.75, 3.05) is 0 Å². The fraction of sp³-hybridized carbons (Fsp3) is 0.400. The van der Waals surface area contributed by atoms with Crippen LogP contribution in [-0.4, -0.2) is 16.1 Å². The predicted octanol–water partition coefficient (Wildman–Crippen LogP) is 2.12. The molecule has 19 heavy (non-hydrogen) atoms. The summed E-state index contributed by atoms with van der Waals surface area (Å²) in [5.74, 6) is -1.48. The second-order valence-corrected chi connectivity index (χ2v) is 3.60. The van der Waals surface area contributed by atoms with Crippen LogP contribution in [0.1, 0.15) is 28.9 Å². The quantitative estimate of drug-likeness (QED) is 0.830. The lowest BCUT2D eigenvalue weighted by Crippen LogP contribution is -2.17. The molecule has 0 amide bonds. The van der Waals surface area contributed by atoms with Crippen molar-refractivity contribution in [3.63, 3.8) is 0 Å². The van der Waals surface area contributed by atoms with E-state index in [-0.39, 0.29) is 11.6 Å². The summed E-state index contributed by atoms with van der Waals surface area (Å²) >= 11 is 0. The Bertz CT molecular complexity index is 488. The topological polar surface area (TPSA) is 76.2 Å².